The lowest BCUT2D eigenvalue weighted by molar-refractivity contribution is 0.606. The van der Waals surface area contributed by atoms with Crippen molar-refractivity contribution in [2.45, 2.75) is 6.04 Å². The second-order valence-corrected chi connectivity index (χ2v) is 5.69. The third-order valence-electron chi connectivity index (χ3n) is 2.72. The molecular weight excluding hydrogens is 337 g/mol. The molecule has 96 valence electrons. The Hall–Kier alpha value is -0.550. The second kappa shape index (κ2) is 5.61. The number of nitrogens with zero attached hydrogens (tertiary/aromatic N) is 2. The van der Waals surface area contributed by atoms with Gasteiger partial charge in [0, 0.05) is 16.5 Å². The largest absolute Gasteiger partial charge is 0.308 e. The standard InChI is InChI=1S/C12H12BrCl2N3/c1-16-11(12-10(15)6-17-18(12)2)7-3-8(13)5-9(14)4-7/h3-6,11,16H,1-2H3. The van der Waals surface area contributed by atoms with Crippen molar-refractivity contribution >= 4 is 39.1 Å². The molecule has 0 bridgehead atoms. The van der Waals surface area contributed by atoms with E-state index in [1.165, 1.54) is 0 Å². The van der Waals surface area contributed by atoms with E-state index in [0.717, 1.165) is 15.7 Å². The predicted molar refractivity (Wildman–Crippen MR) is 78.3 cm³/mol. The minimum atomic E-state index is -0.0556. The normalized spacial score (nSPS) is 12.7. The van der Waals surface area contributed by atoms with Crippen LogP contribution in [0.5, 0.6) is 0 Å². The summed E-state index contributed by atoms with van der Waals surface area (Å²) >= 11 is 15.7. The molecule has 0 aliphatic carbocycles. The molecule has 1 heterocycles. The maximum Gasteiger partial charge on any atom is 0.0837 e. The summed E-state index contributed by atoms with van der Waals surface area (Å²) in [5.41, 5.74) is 1.94. The molecule has 6 heteroatoms. The first-order chi connectivity index (χ1) is 8.52. The molecule has 0 fully saturated rings. The van der Waals surface area contributed by atoms with Gasteiger partial charge in [-0.25, -0.2) is 0 Å². The highest BCUT2D eigenvalue weighted by molar-refractivity contribution is 9.10. The molecule has 0 spiro atoms. The number of benzene rings is 1. The average molecular weight is 349 g/mol. The SMILES string of the molecule is CNC(c1cc(Cl)cc(Br)c1)c1c(Cl)cnn1C. The molecule has 0 amide bonds. The Labute approximate surface area is 124 Å². The summed E-state index contributed by atoms with van der Waals surface area (Å²) < 4.78 is 2.70. The van der Waals surface area contributed by atoms with Gasteiger partial charge in [-0.3, -0.25) is 4.68 Å². The molecule has 1 atom stereocenters. The van der Waals surface area contributed by atoms with E-state index < -0.39 is 0 Å². The molecule has 0 saturated carbocycles. The molecule has 0 radical (unpaired) electrons. The highest BCUT2D eigenvalue weighted by Crippen LogP contribution is 2.31. The third kappa shape index (κ3) is 2.72. The molecule has 0 aliphatic heterocycles. The Bertz CT molecular complexity index is 529. The fraction of sp³-hybridized carbons (Fsp3) is 0.250. The zero-order chi connectivity index (χ0) is 13.3. The summed E-state index contributed by atoms with van der Waals surface area (Å²) in [6, 6.07) is 5.72. The van der Waals surface area contributed by atoms with Crippen molar-refractivity contribution < 1.29 is 0 Å². The minimum absolute atomic E-state index is 0.0556. The van der Waals surface area contributed by atoms with Gasteiger partial charge in [0.1, 0.15) is 0 Å². The topological polar surface area (TPSA) is 29.9 Å². The van der Waals surface area contributed by atoms with Gasteiger partial charge in [-0.1, -0.05) is 39.1 Å². The fourth-order valence-corrected chi connectivity index (χ4v) is 3.11. The molecular formula is C12H12BrCl2N3. The van der Waals surface area contributed by atoms with E-state index >= 15 is 0 Å². The Morgan fingerprint density at radius 3 is 2.56 bits per heavy atom. The van der Waals surface area contributed by atoms with E-state index in [-0.39, 0.29) is 6.04 Å². The first-order valence-corrected chi connectivity index (χ1v) is 6.88. The number of aryl methyl sites for hydroxylation is 1. The van der Waals surface area contributed by atoms with Gasteiger partial charge >= 0.3 is 0 Å². The van der Waals surface area contributed by atoms with Crippen LogP contribution in [0.2, 0.25) is 10.0 Å². The predicted octanol–water partition coefficient (Wildman–Crippen LogP) is 3.80. The molecule has 3 nitrogen and oxygen atoms in total. The highest BCUT2D eigenvalue weighted by Gasteiger charge is 2.20. The third-order valence-corrected chi connectivity index (χ3v) is 3.69. The van der Waals surface area contributed by atoms with Crippen molar-refractivity contribution in [1.82, 2.24) is 15.1 Å². The summed E-state index contributed by atoms with van der Waals surface area (Å²) in [7, 11) is 3.74. The van der Waals surface area contributed by atoms with Crippen molar-refractivity contribution in [3.8, 4) is 0 Å². The van der Waals surface area contributed by atoms with Gasteiger partial charge in [0.15, 0.2) is 0 Å². The molecule has 1 N–H and O–H groups in total. The minimum Gasteiger partial charge on any atom is -0.308 e. The van der Waals surface area contributed by atoms with Crippen LogP contribution < -0.4 is 5.32 Å². The molecule has 0 aliphatic rings. The fourth-order valence-electron chi connectivity index (χ4n) is 1.95. The lowest BCUT2D eigenvalue weighted by atomic mass is 10.0. The van der Waals surface area contributed by atoms with Crippen LogP contribution in [-0.2, 0) is 7.05 Å². The lowest BCUT2D eigenvalue weighted by Gasteiger charge is -2.18. The zero-order valence-corrected chi connectivity index (χ0v) is 13.0. The monoisotopic (exact) mass is 347 g/mol. The second-order valence-electron chi connectivity index (χ2n) is 3.93. The van der Waals surface area contributed by atoms with E-state index in [0.29, 0.717) is 10.0 Å². The number of aromatic nitrogens is 2. The van der Waals surface area contributed by atoms with Crippen molar-refractivity contribution in [2.24, 2.45) is 7.05 Å². The van der Waals surface area contributed by atoms with Crippen molar-refractivity contribution in [3.63, 3.8) is 0 Å². The van der Waals surface area contributed by atoms with Gasteiger partial charge in [0.05, 0.1) is 23.0 Å². The zero-order valence-electron chi connectivity index (χ0n) is 9.92. The van der Waals surface area contributed by atoms with Gasteiger partial charge in [0.2, 0.25) is 0 Å². The van der Waals surface area contributed by atoms with Crippen LogP contribution in [0.25, 0.3) is 0 Å². The number of nitrogens with one attached hydrogen (secondary N) is 1. The van der Waals surface area contributed by atoms with Crippen LogP contribution >= 0.6 is 39.1 Å². The average Bonchev–Trinajstić information content (AvgIpc) is 2.61. The summed E-state index contributed by atoms with van der Waals surface area (Å²) in [4.78, 5) is 0. The molecule has 1 aromatic carbocycles. The van der Waals surface area contributed by atoms with Crippen LogP contribution in [0.1, 0.15) is 17.3 Å². The molecule has 0 saturated heterocycles. The van der Waals surface area contributed by atoms with E-state index in [1.807, 2.05) is 32.3 Å². The smallest absolute Gasteiger partial charge is 0.0837 e. The Kier molecular flexibility index (Phi) is 4.33. The molecule has 1 aromatic heterocycles. The van der Waals surface area contributed by atoms with E-state index in [9.17, 15) is 0 Å². The van der Waals surface area contributed by atoms with Crippen LogP contribution in [0.15, 0.2) is 28.9 Å². The van der Waals surface area contributed by atoms with E-state index in [4.69, 9.17) is 23.2 Å². The van der Waals surface area contributed by atoms with Crippen molar-refractivity contribution in [3.05, 3.63) is 50.2 Å². The highest BCUT2D eigenvalue weighted by atomic mass is 79.9. The van der Waals surface area contributed by atoms with E-state index in [1.54, 1.807) is 10.9 Å². The summed E-state index contributed by atoms with van der Waals surface area (Å²) in [6.07, 6.45) is 1.64. The number of hydrogen-bond acceptors (Lipinski definition) is 2. The lowest BCUT2D eigenvalue weighted by Crippen LogP contribution is -2.21. The Morgan fingerprint density at radius 1 is 1.33 bits per heavy atom. The summed E-state index contributed by atoms with van der Waals surface area (Å²) in [6.45, 7) is 0. The number of hydrogen-bond donors (Lipinski definition) is 1. The quantitative estimate of drug-likeness (QED) is 0.914. The van der Waals surface area contributed by atoms with Gasteiger partial charge in [-0.2, -0.15) is 5.10 Å². The van der Waals surface area contributed by atoms with Gasteiger partial charge in [-0.15, -0.1) is 0 Å². The van der Waals surface area contributed by atoms with Crippen LogP contribution in [-0.4, -0.2) is 16.8 Å². The number of rotatable bonds is 3. The van der Waals surface area contributed by atoms with Crippen LogP contribution in [0.3, 0.4) is 0 Å². The molecule has 18 heavy (non-hydrogen) atoms. The summed E-state index contributed by atoms with van der Waals surface area (Å²) in [5, 5.41) is 8.70. The first-order valence-electron chi connectivity index (χ1n) is 5.33. The molecule has 1 unspecified atom stereocenters. The van der Waals surface area contributed by atoms with Crippen molar-refractivity contribution in [2.75, 3.05) is 7.05 Å². The number of halogens is 3. The Morgan fingerprint density at radius 2 is 2.06 bits per heavy atom. The maximum atomic E-state index is 6.18. The maximum absolute atomic E-state index is 6.18. The molecule has 2 rings (SSSR count). The van der Waals surface area contributed by atoms with Crippen LogP contribution in [0, 0.1) is 0 Å². The van der Waals surface area contributed by atoms with Gasteiger partial charge < -0.3 is 5.32 Å². The molecule has 2 aromatic rings. The Balaban J connectivity index is 2.52. The van der Waals surface area contributed by atoms with E-state index in [2.05, 4.69) is 26.3 Å². The first kappa shape index (κ1) is 13.9. The van der Waals surface area contributed by atoms with Crippen molar-refractivity contribution in [1.29, 1.82) is 0 Å². The summed E-state index contributed by atoms with van der Waals surface area (Å²) in [5.74, 6) is 0. The van der Waals surface area contributed by atoms with Gasteiger partial charge in [-0.05, 0) is 30.8 Å². The van der Waals surface area contributed by atoms with Gasteiger partial charge in [0.25, 0.3) is 0 Å². The van der Waals surface area contributed by atoms with Crippen LogP contribution in [0.4, 0.5) is 0 Å².